The molecule has 0 aliphatic carbocycles. The Balaban J connectivity index is 1.36. The molecule has 1 aliphatic rings. The maximum Gasteiger partial charge on any atom is 0.239 e. The Bertz CT molecular complexity index is 820. The molecule has 0 bridgehead atoms. The summed E-state index contributed by atoms with van der Waals surface area (Å²) in [4.78, 5) is 15.8. The third-order valence-electron chi connectivity index (χ3n) is 4.20. The second-order valence-electron chi connectivity index (χ2n) is 5.91. The molecule has 0 spiro atoms. The molecular weight excluding hydrogens is 322 g/mol. The monoisotopic (exact) mass is 341 g/mol. The van der Waals surface area contributed by atoms with Gasteiger partial charge in [0.05, 0.1) is 19.3 Å². The molecule has 124 valence electrons. The van der Waals surface area contributed by atoms with Gasteiger partial charge in [0.25, 0.3) is 0 Å². The highest BCUT2D eigenvalue weighted by molar-refractivity contribution is 7.09. The summed E-state index contributed by atoms with van der Waals surface area (Å²) in [7, 11) is 0. The summed E-state index contributed by atoms with van der Waals surface area (Å²) in [6.07, 6.45) is 3.81. The summed E-state index contributed by atoms with van der Waals surface area (Å²) < 4.78 is 4.07. The number of nitrogens with zero attached hydrogens (tertiary/aromatic N) is 4. The van der Waals surface area contributed by atoms with Gasteiger partial charge < -0.3 is 9.88 Å². The van der Waals surface area contributed by atoms with E-state index in [1.807, 2.05) is 22.2 Å². The summed E-state index contributed by atoms with van der Waals surface area (Å²) in [5.41, 5.74) is 1.26. The van der Waals surface area contributed by atoms with Crippen LogP contribution in [0.4, 0.5) is 5.82 Å². The zero-order valence-corrected chi connectivity index (χ0v) is 14.1. The smallest absolute Gasteiger partial charge is 0.239 e. The molecule has 3 aromatic rings. The van der Waals surface area contributed by atoms with Crippen molar-refractivity contribution >= 4 is 23.1 Å². The van der Waals surface area contributed by atoms with Crippen molar-refractivity contribution in [1.82, 2.24) is 19.2 Å². The van der Waals surface area contributed by atoms with E-state index in [1.54, 1.807) is 17.5 Å². The molecule has 1 N–H and O–H groups in total. The number of hydrogen-bond donors (Lipinski definition) is 1. The van der Waals surface area contributed by atoms with Crippen LogP contribution in [-0.4, -0.2) is 38.2 Å². The Hall–Kier alpha value is -2.38. The lowest BCUT2D eigenvalue weighted by molar-refractivity contribution is -0.117. The van der Waals surface area contributed by atoms with Gasteiger partial charge in [-0.15, -0.1) is 11.3 Å². The van der Waals surface area contributed by atoms with Gasteiger partial charge >= 0.3 is 0 Å². The minimum atomic E-state index is 0.00272. The quantitative estimate of drug-likeness (QED) is 0.774. The van der Waals surface area contributed by atoms with Crippen molar-refractivity contribution in [1.29, 1.82) is 0 Å². The van der Waals surface area contributed by atoms with Crippen molar-refractivity contribution in [2.75, 3.05) is 18.4 Å². The zero-order valence-electron chi connectivity index (χ0n) is 13.3. The SMILES string of the molecule is O=C(CN1CCn2cccc2C1)Nc1ccnn1Cc1cccs1. The Labute approximate surface area is 144 Å². The van der Waals surface area contributed by atoms with Crippen LogP contribution >= 0.6 is 11.3 Å². The highest BCUT2D eigenvalue weighted by Crippen LogP contribution is 2.15. The second-order valence-corrected chi connectivity index (χ2v) is 6.94. The van der Waals surface area contributed by atoms with E-state index in [9.17, 15) is 4.79 Å². The van der Waals surface area contributed by atoms with Gasteiger partial charge in [-0.05, 0) is 23.6 Å². The number of carbonyl (C=O) groups excluding carboxylic acids is 1. The first-order chi connectivity index (χ1) is 11.8. The molecule has 24 heavy (non-hydrogen) atoms. The first kappa shape index (κ1) is 15.2. The molecule has 0 saturated heterocycles. The molecule has 1 amide bonds. The molecule has 4 rings (SSSR count). The van der Waals surface area contributed by atoms with Gasteiger partial charge in [0.2, 0.25) is 5.91 Å². The van der Waals surface area contributed by atoms with E-state index in [1.165, 1.54) is 10.6 Å². The fourth-order valence-corrected chi connectivity index (χ4v) is 3.69. The van der Waals surface area contributed by atoms with Crippen LogP contribution in [0.1, 0.15) is 10.6 Å². The van der Waals surface area contributed by atoms with Crippen LogP contribution in [0.15, 0.2) is 48.1 Å². The van der Waals surface area contributed by atoms with Gasteiger partial charge in [-0.2, -0.15) is 5.10 Å². The number of aromatic nitrogens is 3. The maximum atomic E-state index is 12.4. The number of thiophene rings is 1. The van der Waals surface area contributed by atoms with E-state index in [0.29, 0.717) is 13.1 Å². The molecule has 4 heterocycles. The largest absolute Gasteiger partial charge is 0.349 e. The third kappa shape index (κ3) is 3.27. The van der Waals surface area contributed by atoms with Crippen molar-refractivity contribution in [3.63, 3.8) is 0 Å². The Morgan fingerprint density at radius 2 is 2.21 bits per heavy atom. The molecular formula is C17H19N5OS. The summed E-state index contributed by atoms with van der Waals surface area (Å²) in [6.45, 7) is 3.72. The highest BCUT2D eigenvalue weighted by atomic mass is 32.1. The fourth-order valence-electron chi connectivity index (χ4n) is 3.00. The van der Waals surface area contributed by atoms with Crippen molar-refractivity contribution in [3.8, 4) is 0 Å². The topological polar surface area (TPSA) is 55.1 Å². The number of rotatable bonds is 5. The van der Waals surface area contributed by atoms with Crippen LogP contribution in [0.25, 0.3) is 0 Å². The van der Waals surface area contributed by atoms with E-state index in [-0.39, 0.29) is 5.91 Å². The lowest BCUT2D eigenvalue weighted by Crippen LogP contribution is -2.38. The van der Waals surface area contributed by atoms with Crippen LogP contribution in [0.3, 0.4) is 0 Å². The van der Waals surface area contributed by atoms with Crippen LogP contribution in [0, 0.1) is 0 Å². The van der Waals surface area contributed by atoms with Crippen LogP contribution in [0.5, 0.6) is 0 Å². The van der Waals surface area contributed by atoms with E-state index in [0.717, 1.165) is 25.5 Å². The average Bonchev–Trinajstić information content (AvgIpc) is 3.30. The van der Waals surface area contributed by atoms with E-state index < -0.39 is 0 Å². The number of nitrogens with one attached hydrogen (secondary N) is 1. The van der Waals surface area contributed by atoms with E-state index in [2.05, 4.69) is 44.3 Å². The highest BCUT2D eigenvalue weighted by Gasteiger charge is 2.18. The molecule has 7 heteroatoms. The van der Waals surface area contributed by atoms with Crippen molar-refractivity contribution in [2.24, 2.45) is 0 Å². The van der Waals surface area contributed by atoms with Crippen LogP contribution in [0.2, 0.25) is 0 Å². The summed E-state index contributed by atoms with van der Waals surface area (Å²) in [5, 5.41) is 9.34. The number of hydrogen-bond acceptors (Lipinski definition) is 4. The van der Waals surface area contributed by atoms with Gasteiger partial charge in [0, 0.05) is 42.5 Å². The summed E-state index contributed by atoms with van der Waals surface area (Å²) >= 11 is 1.69. The van der Waals surface area contributed by atoms with Crippen molar-refractivity contribution in [2.45, 2.75) is 19.6 Å². The predicted octanol–water partition coefficient (Wildman–Crippen LogP) is 2.25. The predicted molar refractivity (Wildman–Crippen MR) is 94.0 cm³/mol. The van der Waals surface area contributed by atoms with Crippen LogP contribution < -0.4 is 5.32 Å². The first-order valence-corrected chi connectivity index (χ1v) is 8.86. The zero-order chi connectivity index (χ0) is 16.4. The molecule has 0 unspecified atom stereocenters. The molecule has 6 nitrogen and oxygen atoms in total. The number of anilines is 1. The Morgan fingerprint density at radius 3 is 3.08 bits per heavy atom. The normalized spacial score (nSPS) is 14.5. The second kappa shape index (κ2) is 6.62. The van der Waals surface area contributed by atoms with E-state index in [4.69, 9.17) is 0 Å². The maximum absolute atomic E-state index is 12.4. The average molecular weight is 341 g/mol. The molecule has 3 aromatic heterocycles. The van der Waals surface area contributed by atoms with Gasteiger partial charge in [-0.25, -0.2) is 4.68 Å². The van der Waals surface area contributed by atoms with Crippen molar-refractivity contribution in [3.05, 3.63) is 58.7 Å². The summed E-state index contributed by atoms with van der Waals surface area (Å²) in [6, 6.07) is 10.1. The molecule has 1 aliphatic heterocycles. The van der Waals surface area contributed by atoms with E-state index >= 15 is 0 Å². The Kier molecular flexibility index (Phi) is 4.18. The Morgan fingerprint density at radius 1 is 1.25 bits per heavy atom. The third-order valence-corrected chi connectivity index (χ3v) is 5.06. The molecule has 0 saturated carbocycles. The van der Waals surface area contributed by atoms with Crippen LogP contribution in [-0.2, 0) is 24.4 Å². The number of fused-ring (bicyclic) bond motifs is 1. The van der Waals surface area contributed by atoms with Gasteiger partial charge in [-0.1, -0.05) is 6.07 Å². The standard InChI is InChI=1S/C17H19N5OS/c23-17(13-20-8-9-21-7-1-3-14(21)11-20)19-16-5-6-18-22(16)12-15-4-2-10-24-15/h1-7,10H,8-9,11-13H2,(H,19,23). The minimum absolute atomic E-state index is 0.00272. The number of amides is 1. The minimum Gasteiger partial charge on any atom is -0.349 e. The number of carbonyl (C=O) groups is 1. The summed E-state index contributed by atoms with van der Waals surface area (Å²) in [5.74, 6) is 0.747. The molecule has 0 radical (unpaired) electrons. The van der Waals surface area contributed by atoms with Gasteiger partial charge in [-0.3, -0.25) is 9.69 Å². The lowest BCUT2D eigenvalue weighted by Gasteiger charge is -2.27. The van der Waals surface area contributed by atoms with Gasteiger partial charge in [0.15, 0.2) is 0 Å². The molecule has 0 atom stereocenters. The fraction of sp³-hybridized carbons (Fsp3) is 0.294. The molecule has 0 fully saturated rings. The van der Waals surface area contributed by atoms with Gasteiger partial charge in [0.1, 0.15) is 5.82 Å². The molecule has 0 aromatic carbocycles. The first-order valence-electron chi connectivity index (χ1n) is 7.98. The van der Waals surface area contributed by atoms with Crippen molar-refractivity contribution < 1.29 is 4.79 Å². The lowest BCUT2D eigenvalue weighted by atomic mass is 10.3.